The molecule has 0 spiro atoms. The highest BCUT2D eigenvalue weighted by molar-refractivity contribution is 7.89. The Hall–Kier alpha value is -2.67. The molecule has 2 N–H and O–H groups in total. The van der Waals surface area contributed by atoms with Crippen molar-refractivity contribution >= 4 is 21.6 Å². The second-order valence-corrected chi connectivity index (χ2v) is 7.12. The number of benzene rings is 1. The van der Waals surface area contributed by atoms with Crippen LogP contribution in [0.5, 0.6) is 0 Å². The fourth-order valence-electron chi connectivity index (χ4n) is 1.88. The number of alkyl halides is 6. The largest absolute Gasteiger partial charge is 0.433 e. The standard InChI is InChI=1S/C15H11F6N3O3S/c16-14(17,18)8-23-28(26,27)11-4-2-10(3-5-11)24-13(25)9-1-6-12(22-7-9)15(19,20)21/h1-7,23H,8H2,(H,24,25). The number of anilines is 1. The molecule has 0 saturated carbocycles. The summed E-state index contributed by atoms with van der Waals surface area (Å²) in [6.45, 7) is -1.74. The van der Waals surface area contributed by atoms with Gasteiger partial charge in [0.05, 0.1) is 10.5 Å². The zero-order chi connectivity index (χ0) is 21.2. The smallest absolute Gasteiger partial charge is 0.322 e. The molecular formula is C15H11F6N3O3S. The average Bonchev–Trinajstić information content (AvgIpc) is 2.59. The second kappa shape index (κ2) is 7.75. The number of nitrogens with one attached hydrogen (secondary N) is 2. The third kappa shape index (κ3) is 5.92. The van der Waals surface area contributed by atoms with Gasteiger partial charge in [0.15, 0.2) is 0 Å². The Morgan fingerprint density at radius 2 is 1.57 bits per heavy atom. The van der Waals surface area contributed by atoms with Gasteiger partial charge in [-0.15, -0.1) is 0 Å². The Kier molecular flexibility index (Phi) is 5.99. The van der Waals surface area contributed by atoms with E-state index in [1.807, 2.05) is 0 Å². The van der Waals surface area contributed by atoms with E-state index in [4.69, 9.17) is 0 Å². The van der Waals surface area contributed by atoms with E-state index in [0.29, 0.717) is 6.07 Å². The fraction of sp³-hybridized carbons (Fsp3) is 0.200. The Bertz CT molecular complexity index is 939. The van der Waals surface area contributed by atoms with Gasteiger partial charge < -0.3 is 5.32 Å². The van der Waals surface area contributed by atoms with E-state index in [2.05, 4.69) is 10.3 Å². The number of rotatable bonds is 5. The maximum absolute atomic E-state index is 12.4. The number of hydrogen-bond donors (Lipinski definition) is 2. The molecule has 0 aliphatic carbocycles. The van der Waals surface area contributed by atoms with Crippen LogP contribution in [0.15, 0.2) is 47.5 Å². The number of pyridine rings is 1. The van der Waals surface area contributed by atoms with E-state index in [9.17, 15) is 39.6 Å². The van der Waals surface area contributed by atoms with Crippen LogP contribution >= 0.6 is 0 Å². The average molecular weight is 427 g/mol. The molecule has 1 heterocycles. The summed E-state index contributed by atoms with van der Waals surface area (Å²) < 4.78 is 98.6. The Morgan fingerprint density at radius 1 is 0.964 bits per heavy atom. The molecule has 152 valence electrons. The molecule has 0 bridgehead atoms. The normalized spacial score (nSPS) is 12.6. The first kappa shape index (κ1) is 21.6. The molecule has 0 radical (unpaired) electrons. The molecule has 28 heavy (non-hydrogen) atoms. The number of sulfonamides is 1. The summed E-state index contributed by atoms with van der Waals surface area (Å²) in [6, 6.07) is 5.66. The molecule has 13 heteroatoms. The molecule has 0 saturated heterocycles. The highest BCUT2D eigenvalue weighted by Crippen LogP contribution is 2.27. The molecule has 1 amide bonds. The summed E-state index contributed by atoms with van der Waals surface area (Å²) >= 11 is 0. The van der Waals surface area contributed by atoms with Gasteiger partial charge in [-0.1, -0.05) is 0 Å². The summed E-state index contributed by atoms with van der Waals surface area (Å²) in [4.78, 5) is 14.6. The molecule has 0 atom stereocenters. The monoisotopic (exact) mass is 427 g/mol. The second-order valence-electron chi connectivity index (χ2n) is 5.35. The van der Waals surface area contributed by atoms with E-state index in [-0.39, 0.29) is 11.3 Å². The van der Waals surface area contributed by atoms with Gasteiger partial charge in [-0.3, -0.25) is 9.78 Å². The van der Waals surface area contributed by atoms with Crippen molar-refractivity contribution in [3.8, 4) is 0 Å². The van der Waals surface area contributed by atoms with Crippen LogP contribution in [-0.4, -0.2) is 32.0 Å². The molecule has 6 nitrogen and oxygen atoms in total. The topological polar surface area (TPSA) is 88.2 Å². The highest BCUT2D eigenvalue weighted by Gasteiger charge is 2.32. The number of carbonyl (C=O) groups excluding carboxylic acids is 1. The molecule has 0 fully saturated rings. The number of carbonyl (C=O) groups is 1. The number of hydrogen-bond acceptors (Lipinski definition) is 4. The fourth-order valence-corrected chi connectivity index (χ4v) is 2.89. The maximum Gasteiger partial charge on any atom is 0.433 e. The molecular weight excluding hydrogens is 416 g/mol. The lowest BCUT2D eigenvalue weighted by atomic mass is 10.2. The molecule has 0 aliphatic heterocycles. The van der Waals surface area contributed by atoms with Gasteiger partial charge in [-0.2, -0.15) is 26.3 Å². The number of amides is 1. The Balaban J connectivity index is 2.06. The first-order valence-corrected chi connectivity index (χ1v) is 8.77. The van der Waals surface area contributed by atoms with Gasteiger partial charge in [-0.25, -0.2) is 13.1 Å². The van der Waals surface area contributed by atoms with Gasteiger partial charge >= 0.3 is 12.4 Å². The summed E-state index contributed by atoms with van der Waals surface area (Å²) in [5.74, 6) is -0.813. The Morgan fingerprint density at radius 3 is 2.04 bits per heavy atom. The number of halogens is 6. The molecule has 1 aromatic heterocycles. The van der Waals surface area contributed by atoms with Crippen LogP contribution < -0.4 is 10.0 Å². The minimum Gasteiger partial charge on any atom is -0.322 e. The Labute approximate surface area is 154 Å². The van der Waals surface area contributed by atoms with E-state index >= 15 is 0 Å². The van der Waals surface area contributed by atoms with Gasteiger partial charge in [0.25, 0.3) is 5.91 Å². The molecule has 2 rings (SSSR count). The third-order valence-corrected chi connectivity index (χ3v) is 4.62. The van der Waals surface area contributed by atoms with E-state index < -0.39 is 45.4 Å². The van der Waals surface area contributed by atoms with E-state index in [1.165, 1.54) is 4.72 Å². The van der Waals surface area contributed by atoms with Crippen molar-refractivity contribution in [3.05, 3.63) is 53.9 Å². The van der Waals surface area contributed by atoms with Crippen molar-refractivity contribution in [3.63, 3.8) is 0 Å². The predicted molar refractivity (Wildman–Crippen MR) is 84.9 cm³/mol. The van der Waals surface area contributed by atoms with Crippen LogP contribution in [0.3, 0.4) is 0 Å². The van der Waals surface area contributed by atoms with Crippen molar-refractivity contribution in [1.29, 1.82) is 0 Å². The minimum absolute atomic E-state index is 0.0691. The van der Waals surface area contributed by atoms with Crippen LogP contribution in [0.1, 0.15) is 16.1 Å². The van der Waals surface area contributed by atoms with Crippen molar-refractivity contribution in [2.45, 2.75) is 17.2 Å². The number of aromatic nitrogens is 1. The van der Waals surface area contributed by atoms with Gasteiger partial charge in [0.1, 0.15) is 12.2 Å². The molecule has 2 aromatic rings. The molecule has 0 unspecified atom stereocenters. The zero-order valence-electron chi connectivity index (χ0n) is 13.6. The van der Waals surface area contributed by atoms with Gasteiger partial charge in [0, 0.05) is 11.9 Å². The third-order valence-electron chi connectivity index (χ3n) is 3.20. The lowest BCUT2D eigenvalue weighted by Gasteiger charge is -2.10. The maximum atomic E-state index is 12.4. The van der Waals surface area contributed by atoms with Gasteiger partial charge in [0.2, 0.25) is 10.0 Å². The van der Waals surface area contributed by atoms with Crippen LogP contribution in [0.4, 0.5) is 32.0 Å². The summed E-state index contributed by atoms with van der Waals surface area (Å²) in [5, 5.41) is 2.30. The minimum atomic E-state index is -4.73. The van der Waals surface area contributed by atoms with E-state index in [0.717, 1.165) is 36.5 Å². The van der Waals surface area contributed by atoms with Crippen LogP contribution in [0.2, 0.25) is 0 Å². The lowest BCUT2D eigenvalue weighted by molar-refractivity contribution is -0.141. The predicted octanol–water partition coefficient (Wildman–Crippen LogP) is 3.19. The van der Waals surface area contributed by atoms with Crippen LogP contribution in [0, 0.1) is 0 Å². The van der Waals surface area contributed by atoms with Gasteiger partial charge in [-0.05, 0) is 36.4 Å². The summed E-state index contributed by atoms with van der Waals surface area (Å²) in [7, 11) is -4.41. The zero-order valence-corrected chi connectivity index (χ0v) is 14.4. The molecule has 1 aromatic carbocycles. The van der Waals surface area contributed by atoms with Crippen molar-refractivity contribution < 1.29 is 39.6 Å². The highest BCUT2D eigenvalue weighted by atomic mass is 32.2. The first-order valence-electron chi connectivity index (χ1n) is 7.29. The summed E-state index contributed by atoms with van der Waals surface area (Å²) in [6.07, 6.45) is -8.66. The van der Waals surface area contributed by atoms with Crippen LogP contribution in [0.25, 0.3) is 0 Å². The van der Waals surface area contributed by atoms with Crippen molar-refractivity contribution in [2.75, 3.05) is 11.9 Å². The van der Waals surface area contributed by atoms with Crippen molar-refractivity contribution in [1.82, 2.24) is 9.71 Å². The SMILES string of the molecule is O=C(Nc1ccc(S(=O)(=O)NCC(F)(F)F)cc1)c1ccc(C(F)(F)F)nc1. The first-order chi connectivity index (χ1) is 12.8. The molecule has 0 aliphatic rings. The van der Waals surface area contributed by atoms with Crippen LogP contribution in [-0.2, 0) is 16.2 Å². The van der Waals surface area contributed by atoms with Crippen molar-refractivity contribution in [2.24, 2.45) is 0 Å². The lowest BCUT2D eigenvalue weighted by Crippen LogP contribution is -2.33. The van der Waals surface area contributed by atoms with E-state index in [1.54, 1.807) is 0 Å². The number of nitrogens with zero attached hydrogens (tertiary/aromatic N) is 1. The quantitative estimate of drug-likeness (QED) is 0.718. The summed E-state index contributed by atoms with van der Waals surface area (Å²) in [5.41, 5.74) is -1.29.